The lowest BCUT2D eigenvalue weighted by molar-refractivity contribution is -0.122. The number of hydrogen-bond acceptors (Lipinski definition) is 3. The van der Waals surface area contributed by atoms with Crippen LogP contribution in [0.4, 0.5) is 0 Å². The molecule has 0 radical (unpaired) electrons. The van der Waals surface area contributed by atoms with Crippen molar-refractivity contribution in [1.29, 1.82) is 0 Å². The van der Waals surface area contributed by atoms with E-state index in [2.05, 4.69) is 10.2 Å². The van der Waals surface area contributed by atoms with Crippen LogP contribution in [-0.4, -0.2) is 41.5 Å². The van der Waals surface area contributed by atoms with Gasteiger partial charge in [0, 0.05) is 30.6 Å². The fourth-order valence-electron chi connectivity index (χ4n) is 2.97. The Balaban J connectivity index is 1.75. The summed E-state index contributed by atoms with van der Waals surface area (Å²) in [6.45, 7) is 6.30. The van der Waals surface area contributed by atoms with Crippen molar-refractivity contribution in [2.75, 3.05) is 13.1 Å². The zero-order valence-electron chi connectivity index (χ0n) is 11.0. The molecule has 1 amide bonds. The highest BCUT2D eigenvalue weighted by Gasteiger charge is 2.37. The molecule has 3 N–H and O–H groups in total. The number of hydrogen-bond donors (Lipinski definition) is 2. The molecule has 2 aliphatic heterocycles. The second-order valence-corrected chi connectivity index (χ2v) is 6.20. The summed E-state index contributed by atoms with van der Waals surface area (Å²) in [6.07, 6.45) is 4.94. The fraction of sp³-hybridized carbons (Fsp3) is 0.923. The predicted octanol–water partition coefficient (Wildman–Crippen LogP) is 0.857. The monoisotopic (exact) mass is 239 g/mol. The molecule has 4 heteroatoms. The number of nitrogens with one attached hydrogen (secondary N) is 1. The van der Waals surface area contributed by atoms with Crippen LogP contribution in [0.5, 0.6) is 0 Å². The van der Waals surface area contributed by atoms with E-state index in [4.69, 9.17) is 5.73 Å². The molecule has 2 unspecified atom stereocenters. The van der Waals surface area contributed by atoms with Crippen LogP contribution in [0.2, 0.25) is 0 Å². The van der Waals surface area contributed by atoms with Gasteiger partial charge in [0.25, 0.3) is 0 Å². The van der Waals surface area contributed by atoms with Gasteiger partial charge < -0.3 is 11.1 Å². The normalized spacial score (nSPS) is 29.4. The topological polar surface area (TPSA) is 58.4 Å². The Hall–Kier alpha value is -0.610. The van der Waals surface area contributed by atoms with E-state index in [-0.39, 0.29) is 11.4 Å². The van der Waals surface area contributed by atoms with Gasteiger partial charge in [0.05, 0.1) is 0 Å². The largest absolute Gasteiger partial charge is 0.352 e. The molecule has 0 spiro atoms. The van der Waals surface area contributed by atoms with Crippen molar-refractivity contribution in [3.8, 4) is 0 Å². The second-order valence-electron chi connectivity index (χ2n) is 6.20. The van der Waals surface area contributed by atoms with E-state index in [9.17, 15) is 4.79 Å². The molecule has 2 atom stereocenters. The van der Waals surface area contributed by atoms with Crippen LogP contribution in [0.1, 0.15) is 46.0 Å². The minimum absolute atomic E-state index is 0.169. The van der Waals surface area contributed by atoms with Crippen LogP contribution in [0, 0.1) is 0 Å². The molecule has 4 nitrogen and oxygen atoms in total. The molecule has 0 aromatic carbocycles. The van der Waals surface area contributed by atoms with Crippen LogP contribution < -0.4 is 11.1 Å². The number of amides is 1. The number of rotatable bonds is 4. The van der Waals surface area contributed by atoms with Gasteiger partial charge in [0.1, 0.15) is 0 Å². The summed E-state index contributed by atoms with van der Waals surface area (Å²) in [6, 6.07) is 0.982. The third-order valence-electron chi connectivity index (χ3n) is 3.95. The number of fused-ring (bicyclic) bond motifs is 1. The van der Waals surface area contributed by atoms with E-state index < -0.39 is 0 Å². The van der Waals surface area contributed by atoms with Crippen molar-refractivity contribution >= 4 is 5.91 Å². The zero-order chi connectivity index (χ0) is 12.5. The van der Waals surface area contributed by atoms with Crippen LogP contribution in [-0.2, 0) is 4.79 Å². The van der Waals surface area contributed by atoms with Crippen molar-refractivity contribution in [3.63, 3.8) is 0 Å². The molecule has 2 saturated heterocycles. The van der Waals surface area contributed by atoms with Gasteiger partial charge in [-0.25, -0.2) is 0 Å². The number of nitrogens with zero attached hydrogens (tertiary/aromatic N) is 1. The van der Waals surface area contributed by atoms with Gasteiger partial charge in [0.15, 0.2) is 0 Å². The van der Waals surface area contributed by atoms with Crippen LogP contribution in [0.25, 0.3) is 0 Å². The van der Waals surface area contributed by atoms with Crippen molar-refractivity contribution in [2.24, 2.45) is 5.73 Å². The Bertz CT molecular complexity index is 285. The molecular weight excluding hydrogens is 214 g/mol. The first-order valence-electron chi connectivity index (χ1n) is 6.78. The number of nitrogens with two attached hydrogens (primary N) is 1. The standard InChI is InChI=1S/C13H25N3O/c1-13(2,14)7-5-12(17)15-10-6-9-16-8-3-4-11(10)16/h10-11H,3-9,14H2,1-2H3,(H,15,17). The minimum atomic E-state index is -0.244. The average molecular weight is 239 g/mol. The van der Waals surface area contributed by atoms with Crippen LogP contribution in [0.15, 0.2) is 0 Å². The van der Waals surface area contributed by atoms with Gasteiger partial charge in [-0.15, -0.1) is 0 Å². The van der Waals surface area contributed by atoms with Gasteiger partial charge in [-0.2, -0.15) is 0 Å². The van der Waals surface area contributed by atoms with Crippen molar-refractivity contribution in [2.45, 2.75) is 63.6 Å². The van der Waals surface area contributed by atoms with E-state index in [1.807, 2.05) is 13.8 Å². The van der Waals surface area contributed by atoms with Gasteiger partial charge in [-0.1, -0.05) is 0 Å². The summed E-state index contributed by atoms with van der Waals surface area (Å²) in [7, 11) is 0. The first kappa shape index (κ1) is 12.8. The Kier molecular flexibility index (Phi) is 3.73. The molecule has 17 heavy (non-hydrogen) atoms. The molecule has 0 bridgehead atoms. The maximum absolute atomic E-state index is 11.8. The van der Waals surface area contributed by atoms with E-state index >= 15 is 0 Å². The highest BCUT2D eigenvalue weighted by atomic mass is 16.1. The van der Waals surface area contributed by atoms with Crippen molar-refractivity contribution in [3.05, 3.63) is 0 Å². The van der Waals surface area contributed by atoms with Gasteiger partial charge in [-0.3, -0.25) is 9.69 Å². The molecule has 2 heterocycles. The third-order valence-corrected chi connectivity index (χ3v) is 3.95. The molecular formula is C13H25N3O. The maximum atomic E-state index is 11.8. The highest BCUT2D eigenvalue weighted by Crippen LogP contribution is 2.27. The molecule has 2 aliphatic rings. The Labute approximate surface area is 104 Å². The summed E-state index contributed by atoms with van der Waals surface area (Å²) in [5.41, 5.74) is 5.65. The molecule has 2 fully saturated rings. The minimum Gasteiger partial charge on any atom is -0.352 e. The molecule has 2 rings (SSSR count). The predicted molar refractivity (Wildman–Crippen MR) is 68.6 cm³/mol. The molecule has 98 valence electrons. The zero-order valence-corrected chi connectivity index (χ0v) is 11.0. The SMILES string of the molecule is CC(C)(N)CCC(=O)NC1CCN2CCCC12. The summed E-state index contributed by atoms with van der Waals surface area (Å²) >= 11 is 0. The first-order chi connectivity index (χ1) is 7.96. The number of carbonyl (C=O) groups excluding carboxylic acids is 1. The van der Waals surface area contributed by atoms with Gasteiger partial charge in [-0.05, 0) is 46.1 Å². The summed E-state index contributed by atoms with van der Waals surface area (Å²) in [5, 5.41) is 3.19. The maximum Gasteiger partial charge on any atom is 0.220 e. The molecule has 0 saturated carbocycles. The Morgan fingerprint density at radius 2 is 2.18 bits per heavy atom. The first-order valence-corrected chi connectivity index (χ1v) is 6.78. The summed E-state index contributed by atoms with van der Waals surface area (Å²) in [5.74, 6) is 0.169. The van der Waals surface area contributed by atoms with Crippen LogP contribution in [0.3, 0.4) is 0 Å². The second kappa shape index (κ2) is 4.94. The summed E-state index contributed by atoms with van der Waals surface area (Å²) in [4.78, 5) is 14.4. The number of carbonyl (C=O) groups is 1. The van der Waals surface area contributed by atoms with E-state index in [0.717, 1.165) is 19.4 Å². The van der Waals surface area contributed by atoms with Gasteiger partial charge in [0.2, 0.25) is 5.91 Å². The van der Waals surface area contributed by atoms with Crippen molar-refractivity contribution < 1.29 is 4.79 Å². The van der Waals surface area contributed by atoms with Crippen LogP contribution >= 0.6 is 0 Å². The smallest absolute Gasteiger partial charge is 0.220 e. The van der Waals surface area contributed by atoms with E-state index in [0.29, 0.717) is 18.5 Å². The van der Waals surface area contributed by atoms with E-state index in [1.54, 1.807) is 0 Å². The summed E-state index contributed by atoms with van der Waals surface area (Å²) < 4.78 is 0. The molecule has 0 aromatic heterocycles. The van der Waals surface area contributed by atoms with Gasteiger partial charge >= 0.3 is 0 Å². The average Bonchev–Trinajstić information content (AvgIpc) is 2.79. The lowest BCUT2D eigenvalue weighted by Gasteiger charge is -2.22. The highest BCUT2D eigenvalue weighted by molar-refractivity contribution is 5.76. The van der Waals surface area contributed by atoms with Crippen molar-refractivity contribution in [1.82, 2.24) is 10.2 Å². The fourth-order valence-corrected chi connectivity index (χ4v) is 2.97. The van der Waals surface area contributed by atoms with E-state index in [1.165, 1.54) is 19.4 Å². The Morgan fingerprint density at radius 1 is 1.41 bits per heavy atom. The molecule has 0 aliphatic carbocycles. The lowest BCUT2D eigenvalue weighted by atomic mass is 9.99. The molecule has 0 aromatic rings. The third kappa shape index (κ3) is 3.42. The lowest BCUT2D eigenvalue weighted by Crippen LogP contribution is -2.43. The quantitative estimate of drug-likeness (QED) is 0.765. The Morgan fingerprint density at radius 3 is 2.88 bits per heavy atom.